The maximum atomic E-state index is 6.20. The van der Waals surface area contributed by atoms with Gasteiger partial charge in [0.1, 0.15) is 11.1 Å². The average molecular weight is 627 g/mol. The predicted molar refractivity (Wildman–Crippen MR) is 201 cm³/mol. The van der Waals surface area contributed by atoms with Gasteiger partial charge < -0.3 is 8.98 Å². The van der Waals surface area contributed by atoms with Crippen molar-refractivity contribution in [2.75, 3.05) is 0 Å². The number of furan rings is 1. The Kier molecular flexibility index (Phi) is 5.32. The number of rotatable bonds is 3. The molecule has 5 heteroatoms. The van der Waals surface area contributed by atoms with Crippen LogP contribution in [0.15, 0.2) is 162 Å². The van der Waals surface area contributed by atoms with E-state index in [0.29, 0.717) is 5.71 Å². The Balaban J connectivity index is 1.13. The van der Waals surface area contributed by atoms with E-state index in [1.807, 2.05) is 12.3 Å². The summed E-state index contributed by atoms with van der Waals surface area (Å²) in [7, 11) is 0. The van der Waals surface area contributed by atoms with Gasteiger partial charge in [-0.15, -0.1) is 0 Å². The lowest BCUT2D eigenvalue weighted by molar-refractivity contribution is 0.653. The van der Waals surface area contributed by atoms with Crippen LogP contribution in [0, 0.1) is 0 Å². The van der Waals surface area contributed by atoms with Crippen molar-refractivity contribution in [2.45, 2.75) is 0 Å². The van der Waals surface area contributed by atoms with Crippen LogP contribution in [0.3, 0.4) is 0 Å². The molecule has 0 saturated carbocycles. The van der Waals surface area contributed by atoms with Crippen molar-refractivity contribution in [1.82, 2.24) is 19.1 Å². The molecule has 0 saturated heterocycles. The maximum Gasteiger partial charge on any atom is 0.246 e. The number of para-hydroxylation sites is 3. The molecule has 0 aliphatic rings. The highest BCUT2D eigenvalue weighted by Gasteiger charge is 2.18. The molecule has 4 heterocycles. The summed E-state index contributed by atoms with van der Waals surface area (Å²) in [6.45, 7) is 0. The van der Waals surface area contributed by atoms with Gasteiger partial charge >= 0.3 is 0 Å². The van der Waals surface area contributed by atoms with E-state index in [9.17, 15) is 0 Å². The second-order valence-electron chi connectivity index (χ2n) is 12.7. The van der Waals surface area contributed by atoms with Crippen LogP contribution in [0.5, 0.6) is 0 Å². The largest absolute Gasteiger partial charge is 0.436 e. The first-order chi connectivity index (χ1) is 24.3. The molecule has 0 bridgehead atoms. The van der Waals surface area contributed by atoms with E-state index in [-0.39, 0.29) is 0 Å². The molecule has 0 aliphatic heterocycles. The molecule has 0 atom stereocenters. The van der Waals surface area contributed by atoms with Crippen LogP contribution in [0.4, 0.5) is 0 Å². The summed E-state index contributed by atoms with van der Waals surface area (Å²) in [5.74, 6) is 0.757. The Hall–Kier alpha value is -6.72. The van der Waals surface area contributed by atoms with Crippen molar-refractivity contribution in [2.24, 2.45) is 0 Å². The predicted octanol–water partition coefficient (Wildman–Crippen LogP) is 11.4. The smallest absolute Gasteiger partial charge is 0.246 e. The first-order valence-corrected chi connectivity index (χ1v) is 16.5. The topological polar surface area (TPSA) is 48.8 Å². The van der Waals surface area contributed by atoms with Crippen LogP contribution < -0.4 is 0 Å². The molecule has 0 unspecified atom stereocenters. The number of hydrogen-bond donors (Lipinski definition) is 0. The van der Waals surface area contributed by atoms with Crippen LogP contribution in [0.1, 0.15) is 0 Å². The molecule has 0 spiro atoms. The van der Waals surface area contributed by atoms with E-state index in [1.165, 1.54) is 32.6 Å². The van der Waals surface area contributed by atoms with Gasteiger partial charge in [0.15, 0.2) is 5.82 Å². The van der Waals surface area contributed by atoms with Gasteiger partial charge in [0.2, 0.25) is 5.71 Å². The van der Waals surface area contributed by atoms with Crippen molar-refractivity contribution in [3.05, 3.63) is 158 Å². The monoisotopic (exact) mass is 626 g/mol. The molecule has 11 aromatic rings. The van der Waals surface area contributed by atoms with Crippen molar-refractivity contribution in [3.63, 3.8) is 0 Å². The molecule has 0 amide bonds. The minimum Gasteiger partial charge on any atom is -0.436 e. The minimum atomic E-state index is 0.540. The lowest BCUT2D eigenvalue weighted by atomic mass is 10.0. The van der Waals surface area contributed by atoms with E-state index < -0.39 is 0 Å². The fourth-order valence-corrected chi connectivity index (χ4v) is 7.72. The Morgan fingerprint density at radius 1 is 0.449 bits per heavy atom. The van der Waals surface area contributed by atoms with Gasteiger partial charge in [-0.2, -0.15) is 0 Å². The molecular weight excluding hydrogens is 601 g/mol. The summed E-state index contributed by atoms with van der Waals surface area (Å²) in [5.41, 5.74) is 10.1. The third-order valence-corrected chi connectivity index (χ3v) is 9.96. The van der Waals surface area contributed by atoms with Crippen molar-refractivity contribution in [1.29, 1.82) is 0 Å². The van der Waals surface area contributed by atoms with Gasteiger partial charge in [0.25, 0.3) is 0 Å². The fraction of sp³-hybridized carbons (Fsp3) is 0. The van der Waals surface area contributed by atoms with Crippen molar-refractivity contribution >= 4 is 76.6 Å². The van der Waals surface area contributed by atoms with Crippen molar-refractivity contribution in [3.8, 4) is 22.6 Å². The second-order valence-corrected chi connectivity index (χ2v) is 12.7. The molecule has 0 fully saturated rings. The lowest BCUT2D eigenvalue weighted by Crippen LogP contribution is -1.98. The van der Waals surface area contributed by atoms with Gasteiger partial charge in [-0.1, -0.05) is 97.1 Å². The molecule has 7 aromatic carbocycles. The molecule has 0 aliphatic carbocycles. The lowest BCUT2D eigenvalue weighted by Gasteiger charge is -2.09. The Labute approximate surface area is 279 Å². The number of benzene rings is 7. The standard InChI is InChI=1S/C44H26N4O/c1-2-12-31(13-3-1)47-37-16-8-7-15-33(37)35-22-29(19-21-39(35)47)30-18-20-34-32-14-6-9-17-38(32)48(40(34)24-30)42-26-45-44-43(46-42)36-23-27-10-4-5-11-28(27)25-41(36)49-44/h1-26H. The molecule has 5 nitrogen and oxygen atoms in total. The second kappa shape index (κ2) is 9.89. The Bertz CT molecular complexity index is 3110. The highest BCUT2D eigenvalue weighted by atomic mass is 16.3. The third-order valence-electron chi connectivity index (χ3n) is 9.96. The zero-order valence-corrected chi connectivity index (χ0v) is 26.2. The molecule has 4 aromatic heterocycles. The zero-order chi connectivity index (χ0) is 32.1. The number of hydrogen-bond acceptors (Lipinski definition) is 3. The molecule has 49 heavy (non-hydrogen) atoms. The highest BCUT2D eigenvalue weighted by molar-refractivity contribution is 6.13. The average Bonchev–Trinajstić information content (AvgIpc) is 3.80. The van der Waals surface area contributed by atoms with Crippen LogP contribution >= 0.6 is 0 Å². The molecule has 0 radical (unpaired) electrons. The summed E-state index contributed by atoms with van der Waals surface area (Å²) in [6, 6.07) is 53.9. The van der Waals surface area contributed by atoms with Crippen molar-refractivity contribution < 1.29 is 4.42 Å². The van der Waals surface area contributed by atoms with Crippen LogP contribution in [-0.4, -0.2) is 19.1 Å². The molecule has 11 rings (SSSR count). The van der Waals surface area contributed by atoms with E-state index >= 15 is 0 Å². The zero-order valence-electron chi connectivity index (χ0n) is 26.2. The van der Waals surface area contributed by atoms with Crippen LogP contribution in [0.25, 0.3) is 99.2 Å². The molecular formula is C44H26N4O. The summed E-state index contributed by atoms with van der Waals surface area (Å²) in [4.78, 5) is 10.0. The normalized spacial score (nSPS) is 12.1. The van der Waals surface area contributed by atoms with E-state index in [0.717, 1.165) is 60.9 Å². The first kappa shape index (κ1) is 26.4. The fourth-order valence-electron chi connectivity index (χ4n) is 7.72. The highest BCUT2D eigenvalue weighted by Crippen LogP contribution is 2.38. The maximum absolute atomic E-state index is 6.20. The SMILES string of the molecule is c1ccc(-n2c3ccccc3c3cc(-c4ccc5c6ccccc6n(-c6cnc7oc8cc9ccccc9cc8c7n6)c5c4)ccc32)cc1. The van der Waals surface area contributed by atoms with Gasteiger partial charge in [0, 0.05) is 32.6 Å². The van der Waals surface area contributed by atoms with E-state index in [4.69, 9.17) is 14.4 Å². The van der Waals surface area contributed by atoms with Crippen LogP contribution in [-0.2, 0) is 0 Å². The number of aromatic nitrogens is 4. The first-order valence-electron chi connectivity index (χ1n) is 16.5. The van der Waals surface area contributed by atoms with Gasteiger partial charge in [-0.25, -0.2) is 9.97 Å². The van der Waals surface area contributed by atoms with Gasteiger partial charge in [-0.05, 0) is 76.5 Å². The third kappa shape index (κ3) is 3.81. The molecule has 228 valence electrons. The molecule has 0 N–H and O–H groups in total. The minimum absolute atomic E-state index is 0.540. The van der Waals surface area contributed by atoms with E-state index in [2.05, 4.69) is 155 Å². The Morgan fingerprint density at radius 2 is 1.08 bits per heavy atom. The summed E-state index contributed by atoms with van der Waals surface area (Å²) in [6.07, 6.45) is 1.83. The Morgan fingerprint density at radius 3 is 1.92 bits per heavy atom. The summed E-state index contributed by atoms with van der Waals surface area (Å²) >= 11 is 0. The summed E-state index contributed by atoms with van der Waals surface area (Å²) in [5, 5.41) is 8.06. The van der Waals surface area contributed by atoms with Crippen LogP contribution in [0.2, 0.25) is 0 Å². The van der Waals surface area contributed by atoms with Gasteiger partial charge in [0.05, 0.1) is 28.3 Å². The van der Waals surface area contributed by atoms with E-state index in [1.54, 1.807) is 0 Å². The number of fused-ring (bicyclic) bond motifs is 10. The number of nitrogens with zero attached hydrogens (tertiary/aromatic N) is 4. The quantitative estimate of drug-likeness (QED) is 0.196. The van der Waals surface area contributed by atoms with Gasteiger partial charge in [-0.3, -0.25) is 4.57 Å². The summed E-state index contributed by atoms with van der Waals surface area (Å²) < 4.78 is 10.8.